The molecule has 1 aliphatic rings. The van der Waals surface area contributed by atoms with Gasteiger partial charge in [0.1, 0.15) is 22.3 Å². The van der Waals surface area contributed by atoms with E-state index in [9.17, 15) is 0 Å². The molecule has 0 bridgehead atoms. The van der Waals surface area contributed by atoms with E-state index in [0.29, 0.717) is 0 Å². The molecule has 2 aromatic heterocycles. The molecule has 2 heterocycles. The van der Waals surface area contributed by atoms with Gasteiger partial charge in [-0.05, 0) is 147 Å². The third-order valence-corrected chi connectivity index (χ3v) is 15.4. The van der Waals surface area contributed by atoms with Gasteiger partial charge in [0, 0.05) is 32.5 Å². The lowest BCUT2D eigenvalue weighted by atomic mass is 9.79. The molecule has 0 aliphatic heterocycles. The van der Waals surface area contributed by atoms with E-state index in [1.165, 1.54) is 93.2 Å². The molecule has 0 spiro atoms. The van der Waals surface area contributed by atoms with E-state index >= 15 is 0 Å². The third kappa shape index (κ3) is 5.43. The van der Waals surface area contributed by atoms with E-state index in [2.05, 4.69) is 226 Å². The monoisotopic (exact) mass is 878 g/mol. The van der Waals surface area contributed by atoms with Gasteiger partial charge in [0.25, 0.3) is 0 Å². The predicted molar refractivity (Wildman–Crippen MR) is 290 cm³/mol. The van der Waals surface area contributed by atoms with Crippen LogP contribution in [0.15, 0.2) is 227 Å². The van der Waals surface area contributed by atoms with Gasteiger partial charge in [-0.3, -0.25) is 0 Å². The number of benzene rings is 12. The average Bonchev–Trinajstić information content (AvgIpc) is 4.04. The Morgan fingerprint density at radius 3 is 1.42 bits per heavy atom. The number of furan rings is 2. The summed E-state index contributed by atoms with van der Waals surface area (Å²) in [7, 11) is 0. The topological polar surface area (TPSA) is 26.3 Å². The standard InChI is InChI=1S/C67H42O2/c1-67(2)58-32-29-39(37-57(58)64-48-20-5-3-17-45(48)46-18-4-10-25-53(46)65(64)67)40-30-33-60-55(36-40)56-38-43(31-34-61(56)68-60)63-51-23-8-6-21-49(51)62(50-22-7-9-24-52(50)63)42-16-13-15-41(35-42)44-26-14-27-54-47-19-11-12-28-59(47)69-66(44)54/h3-38H,1-2H3. The van der Waals surface area contributed by atoms with Crippen LogP contribution in [0, 0.1) is 0 Å². The van der Waals surface area contributed by atoms with E-state index in [1.54, 1.807) is 0 Å². The zero-order chi connectivity index (χ0) is 45.5. The van der Waals surface area contributed by atoms with E-state index in [4.69, 9.17) is 8.83 Å². The van der Waals surface area contributed by atoms with Crippen molar-refractivity contribution in [2.75, 3.05) is 0 Å². The van der Waals surface area contributed by atoms with Crippen LogP contribution < -0.4 is 0 Å². The van der Waals surface area contributed by atoms with Gasteiger partial charge in [-0.1, -0.05) is 190 Å². The zero-order valence-electron chi connectivity index (χ0n) is 38.1. The molecule has 0 N–H and O–H groups in total. The highest BCUT2D eigenvalue weighted by atomic mass is 16.3. The Hall–Kier alpha value is -8.72. The van der Waals surface area contributed by atoms with Crippen molar-refractivity contribution in [2.24, 2.45) is 0 Å². The van der Waals surface area contributed by atoms with Gasteiger partial charge < -0.3 is 8.83 Å². The Balaban J connectivity index is 0.882. The molecule has 2 heteroatoms. The van der Waals surface area contributed by atoms with Crippen LogP contribution in [0.4, 0.5) is 0 Å². The number of para-hydroxylation sites is 2. The van der Waals surface area contributed by atoms with Crippen LogP contribution in [0.2, 0.25) is 0 Å². The smallest absolute Gasteiger partial charge is 0.143 e. The summed E-state index contributed by atoms with van der Waals surface area (Å²) in [5, 5.41) is 14.6. The van der Waals surface area contributed by atoms with Gasteiger partial charge in [0.05, 0.1) is 0 Å². The van der Waals surface area contributed by atoms with Crippen LogP contribution in [0.5, 0.6) is 0 Å². The molecule has 0 amide bonds. The lowest BCUT2D eigenvalue weighted by Crippen LogP contribution is -2.15. The Labute approximate surface area is 398 Å². The van der Waals surface area contributed by atoms with Gasteiger partial charge in [-0.25, -0.2) is 0 Å². The summed E-state index contributed by atoms with van der Waals surface area (Å²) in [5.41, 5.74) is 18.3. The van der Waals surface area contributed by atoms with Gasteiger partial charge in [0.15, 0.2) is 0 Å². The minimum absolute atomic E-state index is 0.143. The van der Waals surface area contributed by atoms with Crippen molar-refractivity contribution < 1.29 is 8.83 Å². The number of hydrogen-bond donors (Lipinski definition) is 0. The van der Waals surface area contributed by atoms with E-state index < -0.39 is 0 Å². The van der Waals surface area contributed by atoms with E-state index in [-0.39, 0.29) is 5.41 Å². The molecule has 0 unspecified atom stereocenters. The molecule has 0 saturated heterocycles. The normalized spacial score (nSPS) is 13.2. The molecule has 0 fully saturated rings. The molecule has 15 rings (SSSR count). The highest BCUT2D eigenvalue weighted by Crippen LogP contribution is 2.55. The SMILES string of the molecule is CC1(C)c2ccc(-c3ccc4oc5ccc(-c6c7ccccc7c(-c7cccc(-c8cccc9c8oc8ccccc89)c7)c7ccccc67)cc5c4c3)cc2-c2c1c1ccccc1c1ccccc21. The molecule has 12 aromatic carbocycles. The van der Waals surface area contributed by atoms with Crippen LogP contribution in [0.25, 0.3) is 143 Å². The van der Waals surface area contributed by atoms with Gasteiger partial charge in [-0.15, -0.1) is 0 Å². The quantitative estimate of drug-likeness (QED) is 0.130. The number of hydrogen-bond acceptors (Lipinski definition) is 2. The molecule has 14 aromatic rings. The molecule has 1 aliphatic carbocycles. The molecule has 0 radical (unpaired) electrons. The summed E-state index contributed by atoms with van der Waals surface area (Å²) < 4.78 is 13.1. The highest BCUT2D eigenvalue weighted by molar-refractivity contribution is 6.23. The second-order valence-electron chi connectivity index (χ2n) is 19.5. The molecule has 322 valence electrons. The van der Waals surface area contributed by atoms with Crippen LogP contribution in [-0.2, 0) is 5.41 Å². The van der Waals surface area contributed by atoms with Gasteiger partial charge >= 0.3 is 0 Å². The minimum atomic E-state index is -0.143. The van der Waals surface area contributed by atoms with Crippen molar-refractivity contribution in [3.63, 3.8) is 0 Å². The lowest BCUT2D eigenvalue weighted by molar-refractivity contribution is 0.666. The van der Waals surface area contributed by atoms with Crippen LogP contribution in [0.1, 0.15) is 25.0 Å². The predicted octanol–water partition coefficient (Wildman–Crippen LogP) is 19.1. The summed E-state index contributed by atoms with van der Waals surface area (Å²) in [5.74, 6) is 0. The molecule has 2 nitrogen and oxygen atoms in total. The van der Waals surface area contributed by atoms with Crippen molar-refractivity contribution in [1.29, 1.82) is 0 Å². The first kappa shape index (κ1) is 38.4. The fourth-order valence-corrected chi connectivity index (χ4v) is 12.4. The maximum absolute atomic E-state index is 6.61. The Kier molecular flexibility index (Phi) is 7.87. The molecular formula is C67H42O2. The fraction of sp³-hybridized carbons (Fsp3) is 0.0448. The second-order valence-corrected chi connectivity index (χ2v) is 19.5. The Morgan fingerprint density at radius 1 is 0.275 bits per heavy atom. The van der Waals surface area contributed by atoms with Crippen molar-refractivity contribution in [1.82, 2.24) is 0 Å². The lowest BCUT2D eigenvalue weighted by Gasteiger charge is -2.24. The summed E-state index contributed by atoms with van der Waals surface area (Å²) >= 11 is 0. The van der Waals surface area contributed by atoms with Gasteiger partial charge in [0.2, 0.25) is 0 Å². The van der Waals surface area contributed by atoms with Crippen molar-refractivity contribution >= 4 is 87.0 Å². The zero-order valence-corrected chi connectivity index (χ0v) is 38.1. The fourth-order valence-electron chi connectivity index (χ4n) is 12.4. The minimum Gasteiger partial charge on any atom is -0.456 e. The first-order valence-corrected chi connectivity index (χ1v) is 24.0. The highest BCUT2D eigenvalue weighted by Gasteiger charge is 2.38. The van der Waals surface area contributed by atoms with Crippen LogP contribution >= 0.6 is 0 Å². The Bertz CT molecular complexity index is 4460. The van der Waals surface area contributed by atoms with Crippen molar-refractivity contribution in [2.45, 2.75) is 19.3 Å². The summed E-state index contributed by atoms with van der Waals surface area (Å²) in [6, 6.07) is 80.1. The number of rotatable bonds is 4. The first-order valence-electron chi connectivity index (χ1n) is 24.0. The summed E-state index contributed by atoms with van der Waals surface area (Å²) in [6.07, 6.45) is 0. The van der Waals surface area contributed by atoms with Crippen molar-refractivity contribution in [3.05, 3.63) is 230 Å². The maximum Gasteiger partial charge on any atom is 0.143 e. The van der Waals surface area contributed by atoms with Gasteiger partial charge in [-0.2, -0.15) is 0 Å². The molecule has 0 atom stereocenters. The van der Waals surface area contributed by atoms with Crippen molar-refractivity contribution in [3.8, 4) is 55.6 Å². The van der Waals surface area contributed by atoms with Crippen LogP contribution in [0.3, 0.4) is 0 Å². The number of fused-ring (bicyclic) bond motifs is 16. The maximum atomic E-state index is 6.61. The second kappa shape index (κ2) is 14.2. The summed E-state index contributed by atoms with van der Waals surface area (Å²) in [4.78, 5) is 0. The third-order valence-electron chi connectivity index (χ3n) is 15.4. The molecule has 0 saturated carbocycles. The molecule has 69 heavy (non-hydrogen) atoms. The Morgan fingerprint density at radius 2 is 0.739 bits per heavy atom. The largest absolute Gasteiger partial charge is 0.456 e. The first-order chi connectivity index (χ1) is 34.0. The van der Waals surface area contributed by atoms with E-state index in [0.717, 1.165) is 60.6 Å². The average molecular weight is 879 g/mol. The molecular weight excluding hydrogens is 837 g/mol. The summed E-state index contributed by atoms with van der Waals surface area (Å²) in [6.45, 7) is 4.78. The van der Waals surface area contributed by atoms with Crippen LogP contribution in [-0.4, -0.2) is 0 Å². The van der Waals surface area contributed by atoms with E-state index in [1.807, 2.05) is 6.07 Å².